The molecular formula is C14H28N2O. The molecule has 1 N–H and O–H groups in total. The number of nitrogens with one attached hydrogen (secondary N) is 1. The van der Waals surface area contributed by atoms with Crippen molar-refractivity contribution in [1.29, 1.82) is 0 Å². The number of nitrogens with zero attached hydrogens (tertiary/aromatic N) is 1. The first-order valence-electron chi connectivity index (χ1n) is 7.34. The standard InChI is InChI=1S/C14H28N2O/c1-3-14-11-16(12(2)4-7-15-14)10-13-5-8-17-9-6-13/h12-15H,3-11H2,1-2H3. The minimum absolute atomic E-state index is 0.694. The molecule has 2 saturated heterocycles. The molecule has 2 atom stereocenters. The molecule has 0 aromatic carbocycles. The van der Waals surface area contributed by atoms with Crippen LogP contribution in [-0.4, -0.2) is 49.8 Å². The molecule has 3 heteroatoms. The fraction of sp³-hybridized carbons (Fsp3) is 1.00. The minimum atomic E-state index is 0.694. The van der Waals surface area contributed by atoms with Crippen molar-refractivity contribution >= 4 is 0 Å². The SMILES string of the molecule is CCC1CN(CC2CCOCC2)C(C)CCN1. The lowest BCUT2D eigenvalue weighted by Crippen LogP contribution is -2.43. The van der Waals surface area contributed by atoms with Gasteiger partial charge < -0.3 is 10.1 Å². The molecule has 2 rings (SSSR count). The molecule has 0 aliphatic carbocycles. The van der Waals surface area contributed by atoms with Crippen molar-refractivity contribution in [2.24, 2.45) is 5.92 Å². The Hall–Kier alpha value is -0.120. The van der Waals surface area contributed by atoms with Gasteiger partial charge in [-0.3, -0.25) is 4.90 Å². The van der Waals surface area contributed by atoms with E-state index in [1.807, 2.05) is 0 Å². The van der Waals surface area contributed by atoms with Gasteiger partial charge in [-0.15, -0.1) is 0 Å². The Morgan fingerprint density at radius 2 is 2.00 bits per heavy atom. The molecule has 2 fully saturated rings. The van der Waals surface area contributed by atoms with Crippen LogP contribution in [0, 0.1) is 5.92 Å². The quantitative estimate of drug-likeness (QED) is 0.815. The van der Waals surface area contributed by atoms with Crippen LogP contribution in [0.2, 0.25) is 0 Å². The second kappa shape index (κ2) is 6.72. The summed E-state index contributed by atoms with van der Waals surface area (Å²) in [7, 11) is 0. The van der Waals surface area contributed by atoms with E-state index in [1.165, 1.54) is 45.3 Å². The summed E-state index contributed by atoms with van der Waals surface area (Å²) in [6.45, 7) is 10.3. The van der Waals surface area contributed by atoms with E-state index in [2.05, 4.69) is 24.1 Å². The molecule has 2 heterocycles. The highest BCUT2D eigenvalue weighted by molar-refractivity contribution is 4.82. The number of ether oxygens (including phenoxy) is 1. The van der Waals surface area contributed by atoms with Crippen LogP contribution in [-0.2, 0) is 4.74 Å². The van der Waals surface area contributed by atoms with Crippen molar-refractivity contribution in [1.82, 2.24) is 10.2 Å². The Balaban J connectivity index is 1.86. The van der Waals surface area contributed by atoms with Gasteiger partial charge in [-0.25, -0.2) is 0 Å². The summed E-state index contributed by atoms with van der Waals surface area (Å²) >= 11 is 0. The van der Waals surface area contributed by atoms with Gasteiger partial charge in [-0.2, -0.15) is 0 Å². The molecule has 0 bridgehead atoms. The molecule has 0 saturated carbocycles. The average molecular weight is 240 g/mol. The first kappa shape index (κ1) is 13.3. The van der Waals surface area contributed by atoms with Crippen LogP contribution in [0.3, 0.4) is 0 Å². The third kappa shape index (κ3) is 3.94. The molecule has 100 valence electrons. The number of rotatable bonds is 3. The van der Waals surface area contributed by atoms with Gasteiger partial charge in [-0.05, 0) is 45.1 Å². The average Bonchev–Trinajstić information content (AvgIpc) is 2.53. The molecule has 3 nitrogen and oxygen atoms in total. The molecule has 0 amide bonds. The normalized spacial score (nSPS) is 33.5. The van der Waals surface area contributed by atoms with Gasteiger partial charge in [0.2, 0.25) is 0 Å². The Kier molecular flexibility index (Phi) is 5.26. The Morgan fingerprint density at radius 3 is 2.71 bits per heavy atom. The van der Waals surface area contributed by atoms with Gasteiger partial charge in [-0.1, -0.05) is 6.92 Å². The largest absolute Gasteiger partial charge is 0.381 e. The van der Waals surface area contributed by atoms with Gasteiger partial charge in [0, 0.05) is 38.4 Å². The molecule has 2 aliphatic rings. The summed E-state index contributed by atoms with van der Waals surface area (Å²) in [5.74, 6) is 0.863. The Morgan fingerprint density at radius 1 is 1.24 bits per heavy atom. The third-order valence-corrected chi connectivity index (χ3v) is 4.40. The highest BCUT2D eigenvalue weighted by Gasteiger charge is 2.25. The van der Waals surface area contributed by atoms with Crippen LogP contribution >= 0.6 is 0 Å². The summed E-state index contributed by atoms with van der Waals surface area (Å²) in [5.41, 5.74) is 0. The first-order chi connectivity index (χ1) is 8.29. The highest BCUT2D eigenvalue weighted by atomic mass is 16.5. The predicted octanol–water partition coefficient (Wildman–Crippen LogP) is 1.88. The van der Waals surface area contributed by atoms with E-state index in [0.29, 0.717) is 6.04 Å². The van der Waals surface area contributed by atoms with Crippen molar-refractivity contribution in [2.75, 3.05) is 32.8 Å². The van der Waals surface area contributed by atoms with E-state index in [-0.39, 0.29) is 0 Å². The van der Waals surface area contributed by atoms with Crippen molar-refractivity contribution in [3.63, 3.8) is 0 Å². The molecule has 2 aliphatic heterocycles. The van der Waals surface area contributed by atoms with E-state index in [9.17, 15) is 0 Å². The van der Waals surface area contributed by atoms with Crippen LogP contribution in [0.15, 0.2) is 0 Å². The summed E-state index contributed by atoms with van der Waals surface area (Å²) in [6.07, 6.45) is 5.05. The zero-order chi connectivity index (χ0) is 12.1. The van der Waals surface area contributed by atoms with Gasteiger partial charge in [0.25, 0.3) is 0 Å². The van der Waals surface area contributed by atoms with Crippen molar-refractivity contribution in [2.45, 2.75) is 51.6 Å². The second-order valence-corrected chi connectivity index (χ2v) is 5.71. The van der Waals surface area contributed by atoms with E-state index in [1.54, 1.807) is 0 Å². The highest BCUT2D eigenvalue weighted by Crippen LogP contribution is 2.19. The van der Waals surface area contributed by atoms with Crippen LogP contribution < -0.4 is 5.32 Å². The fourth-order valence-corrected chi connectivity index (χ4v) is 3.00. The maximum Gasteiger partial charge on any atom is 0.0469 e. The third-order valence-electron chi connectivity index (χ3n) is 4.40. The lowest BCUT2D eigenvalue weighted by molar-refractivity contribution is 0.0461. The summed E-state index contributed by atoms with van der Waals surface area (Å²) in [4.78, 5) is 2.71. The molecular weight excluding hydrogens is 212 g/mol. The predicted molar refractivity (Wildman–Crippen MR) is 71.3 cm³/mol. The maximum absolute atomic E-state index is 5.45. The van der Waals surface area contributed by atoms with Crippen LogP contribution in [0.25, 0.3) is 0 Å². The zero-order valence-corrected chi connectivity index (χ0v) is 11.5. The molecule has 0 aromatic rings. The van der Waals surface area contributed by atoms with Gasteiger partial charge in [0.15, 0.2) is 0 Å². The van der Waals surface area contributed by atoms with E-state index < -0.39 is 0 Å². The van der Waals surface area contributed by atoms with E-state index >= 15 is 0 Å². The Bertz CT molecular complexity index is 216. The van der Waals surface area contributed by atoms with Gasteiger partial charge in [0.1, 0.15) is 0 Å². The van der Waals surface area contributed by atoms with Gasteiger partial charge in [0.05, 0.1) is 0 Å². The molecule has 17 heavy (non-hydrogen) atoms. The summed E-state index contributed by atoms with van der Waals surface area (Å²) in [6, 6.07) is 1.43. The molecule has 2 unspecified atom stereocenters. The number of hydrogen-bond donors (Lipinski definition) is 1. The molecule has 0 spiro atoms. The van der Waals surface area contributed by atoms with Crippen molar-refractivity contribution in [3.05, 3.63) is 0 Å². The second-order valence-electron chi connectivity index (χ2n) is 5.71. The van der Waals surface area contributed by atoms with Gasteiger partial charge >= 0.3 is 0 Å². The van der Waals surface area contributed by atoms with Crippen LogP contribution in [0.5, 0.6) is 0 Å². The topological polar surface area (TPSA) is 24.5 Å². The van der Waals surface area contributed by atoms with Crippen LogP contribution in [0.4, 0.5) is 0 Å². The lowest BCUT2D eigenvalue weighted by Gasteiger charge is -2.33. The van der Waals surface area contributed by atoms with E-state index in [0.717, 1.165) is 25.2 Å². The molecule has 0 radical (unpaired) electrons. The van der Waals surface area contributed by atoms with Crippen molar-refractivity contribution < 1.29 is 4.74 Å². The smallest absolute Gasteiger partial charge is 0.0469 e. The monoisotopic (exact) mass is 240 g/mol. The maximum atomic E-state index is 5.45. The minimum Gasteiger partial charge on any atom is -0.381 e. The van der Waals surface area contributed by atoms with Crippen LogP contribution in [0.1, 0.15) is 39.5 Å². The Labute approximate surface area is 106 Å². The first-order valence-corrected chi connectivity index (χ1v) is 7.34. The van der Waals surface area contributed by atoms with Crippen molar-refractivity contribution in [3.8, 4) is 0 Å². The summed E-state index contributed by atoms with van der Waals surface area (Å²) in [5, 5.41) is 3.66. The lowest BCUT2D eigenvalue weighted by atomic mass is 9.98. The van der Waals surface area contributed by atoms with E-state index in [4.69, 9.17) is 4.74 Å². The fourth-order valence-electron chi connectivity index (χ4n) is 3.00. The molecule has 0 aromatic heterocycles. The zero-order valence-electron chi connectivity index (χ0n) is 11.5. The summed E-state index contributed by atoms with van der Waals surface area (Å²) < 4.78 is 5.45. The number of hydrogen-bond acceptors (Lipinski definition) is 3.